The molecule has 0 radical (unpaired) electrons. The lowest BCUT2D eigenvalue weighted by Gasteiger charge is -2.08. The van der Waals surface area contributed by atoms with Crippen LogP contribution in [0.15, 0.2) is 53.9 Å². The molecule has 0 unspecified atom stereocenters. The van der Waals surface area contributed by atoms with Gasteiger partial charge in [-0.2, -0.15) is 0 Å². The minimum Gasteiger partial charge on any atom is -0.339 e. The molecule has 26 heavy (non-hydrogen) atoms. The third-order valence-corrected chi connectivity index (χ3v) is 4.18. The van der Waals surface area contributed by atoms with Crippen LogP contribution in [0.4, 0.5) is 23.0 Å². The van der Waals surface area contributed by atoms with Crippen molar-refractivity contribution >= 4 is 46.2 Å². The number of amides is 2. The minimum atomic E-state index is -0.135. The topological polar surface area (TPSA) is 96.0 Å². The van der Waals surface area contributed by atoms with Crippen LogP contribution in [-0.4, -0.2) is 22.0 Å². The third kappa shape index (κ3) is 5.12. The number of rotatable bonds is 6. The molecule has 0 aliphatic rings. The maximum absolute atomic E-state index is 12.0. The van der Waals surface area contributed by atoms with E-state index in [2.05, 4.69) is 26.1 Å². The number of nitrogens with zero attached hydrogens (tertiary/aromatic N) is 2. The summed E-state index contributed by atoms with van der Waals surface area (Å²) in [6, 6.07) is 14.5. The molecular weight excluding hydrogens is 350 g/mol. The lowest BCUT2D eigenvalue weighted by molar-refractivity contribution is -0.116. The normalized spacial score (nSPS) is 10.2. The van der Waals surface area contributed by atoms with Gasteiger partial charge in [-0.3, -0.25) is 9.59 Å². The van der Waals surface area contributed by atoms with E-state index in [0.29, 0.717) is 23.7 Å². The van der Waals surface area contributed by atoms with Crippen molar-refractivity contribution in [1.29, 1.82) is 0 Å². The van der Waals surface area contributed by atoms with Gasteiger partial charge in [-0.1, -0.05) is 12.1 Å². The summed E-state index contributed by atoms with van der Waals surface area (Å²) in [5, 5.41) is 18.5. The van der Waals surface area contributed by atoms with Crippen LogP contribution in [0.1, 0.15) is 11.8 Å². The quantitative estimate of drug-likeness (QED) is 0.620. The zero-order valence-corrected chi connectivity index (χ0v) is 14.8. The SMILES string of the molecule is CC(=O)Nc1cccc(Nc2ccc(NC(=O)Cc3cccs3)nn2)c1. The van der Waals surface area contributed by atoms with E-state index in [1.54, 1.807) is 24.3 Å². The van der Waals surface area contributed by atoms with Crippen LogP contribution >= 0.6 is 11.3 Å². The van der Waals surface area contributed by atoms with Gasteiger partial charge < -0.3 is 16.0 Å². The first-order chi connectivity index (χ1) is 12.6. The molecule has 7 nitrogen and oxygen atoms in total. The van der Waals surface area contributed by atoms with Crippen LogP contribution in [0.3, 0.4) is 0 Å². The van der Waals surface area contributed by atoms with Gasteiger partial charge >= 0.3 is 0 Å². The summed E-state index contributed by atoms with van der Waals surface area (Å²) in [5.41, 5.74) is 1.45. The number of hydrogen-bond donors (Lipinski definition) is 3. The molecule has 2 heterocycles. The fraction of sp³-hybridized carbons (Fsp3) is 0.111. The van der Waals surface area contributed by atoms with Gasteiger partial charge in [-0.25, -0.2) is 0 Å². The van der Waals surface area contributed by atoms with Gasteiger partial charge in [0, 0.05) is 23.2 Å². The van der Waals surface area contributed by atoms with Gasteiger partial charge in [0.15, 0.2) is 11.6 Å². The Kier molecular flexibility index (Phi) is 5.55. The maximum Gasteiger partial charge on any atom is 0.230 e. The average molecular weight is 367 g/mol. The number of anilines is 4. The van der Waals surface area contributed by atoms with E-state index in [0.717, 1.165) is 10.6 Å². The van der Waals surface area contributed by atoms with E-state index in [4.69, 9.17) is 0 Å². The van der Waals surface area contributed by atoms with E-state index in [1.165, 1.54) is 18.3 Å². The van der Waals surface area contributed by atoms with Crippen molar-refractivity contribution in [1.82, 2.24) is 10.2 Å². The van der Waals surface area contributed by atoms with E-state index in [-0.39, 0.29) is 11.8 Å². The van der Waals surface area contributed by atoms with E-state index in [1.807, 2.05) is 29.6 Å². The number of aromatic nitrogens is 2. The zero-order valence-electron chi connectivity index (χ0n) is 14.0. The second-order valence-electron chi connectivity index (χ2n) is 5.50. The Labute approximate surface area is 154 Å². The van der Waals surface area contributed by atoms with E-state index >= 15 is 0 Å². The van der Waals surface area contributed by atoms with Crippen LogP contribution in [0, 0.1) is 0 Å². The Morgan fingerprint density at radius 3 is 2.42 bits per heavy atom. The summed E-state index contributed by atoms with van der Waals surface area (Å²) in [4.78, 5) is 24.1. The standard InChI is InChI=1S/C18H17N5O2S/c1-12(24)19-13-4-2-5-14(10-13)20-16-7-8-17(23-22-16)21-18(25)11-15-6-3-9-26-15/h2-10H,11H2,1H3,(H,19,24)(H,20,22)(H,21,23,25). The number of hydrogen-bond acceptors (Lipinski definition) is 6. The number of nitrogens with one attached hydrogen (secondary N) is 3. The largest absolute Gasteiger partial charge is 0.339 e. The Morgan fingerprint density at radius 2 is 1.73 bits per heavy atom. The number of benzene rings is 1. The molecule has 132 valence electrons. The first-order valence-electron chi connectivity index (χ1n) is 7.89. The van der Waals surface area contributed by atoms with Crippen LogP contribution in [0.5, 0.6) is 0 Å². The van der Waals surface area contributed by atoms with Crippen LogP contribution in [0.2, 0.25) is 0 Å². The predicted octanol–water partition coefficient (Wildman–Crippen LogP) is 3.42. The molecule has 1 aromatic carbocycles. The molecule has 3 rings (SSSR count). The molecule has 8 heteroatoms. The fourth-order valence-electron chi connectivity index (χ4n) is 2.25. The molecule has 0 fully saturated rings. The Hall–Kier alpha value is -3.26. The summed E-state index contributed by atoms with van der Waals surface area (Å²) in [5.74, 6) is 0.653. The number of carbonyl (C=O) groups excluding carboxylic acids is 2. The minimum absolute atomic E-state index is 0.134. The van der Waals surface area contributed by atoms with Crippen molar-refractivity contribution in [2.24, 2.45) is 0 Å². The summed E-state index contributed by atoms with van der Waals surface area (Å²) in [7, 11) is 0. The highest BCUT2D eigenvalue weighted by Gasteiger charge is 2.07. The summed E-state index contributed by atoms with van der Waals surface area (Å²) < 4.78 is 0. The Balaban J connectivity index is 1.59. The van der Waals surface area contributed by atoms with Crippen LogP contribution in [0.25, 0.3) is 0 Å². The second-order valence-corrected chi connectivity index (χ2v) is 6.53. The smallest absolute Gasteiger partial charge is 0.230 e. The lowest BCUT2D eigenvalue weighted by atomic mass is 10.2. The molecule has 0 saturated carbocycles. The summed E-state index contributed by atoms with van der Waals surface area (Å²) in [6.07, 6.45) is 0.315. The molecule has 0 spiro atoms. The van der Waals surface area contributed by atoms with Crippen molar-refractivity contribution in [3.63, 3.8) is 0 Å². The maximum atomic E-state index is 12.0. The Morgan fingerprint density at radius 1 is 0.962 bits per heavy atom. The van der Waals surface area contributed by atoms with Gasteiger partial charge in [0.2, 0.25) is 11.8 Å². The van der Waals surface area contributed by atoms with Gasteiger partial charge in [0.25, 0.3) is 0 Å². The molecule has 0 saturated heterocycles. The molecule has 0 aliphatic heterocycles. The zero-order chi connectivity index (χ0) is 18.4. The second kappa shape index (κ2) is 8.21. The molecule has 3 N–H and O–H groups in total. The number of carbonyl (C=O) groups is 2. The van der Waals surface area contributed by atoms with Crippen molar-refractivity contribution in [2.75, 3.05) is 16.0 Å². The van der Waals surface area contributed by atoms with Crippen LogP contribution < -0.4 is 16.0 Å². The van der Waals surface area contributed by atoms with Crippen molar-refractivity contribution < 1.29 is 9.59 Å². The summed E-state index contributed by atoms with van der Waals surface area (Å²) >= 11 is 1.54. The van der Waals surface area contributed by atoms with Crippen molar-refractivity contribution in [2.45, 2.75) is 13.3 Å². The summed E-state index contributed by atoms with van der Waals surface area (Å²) in [6.45, 7) is 1.46. The van der Waals surface area contributed by atoms with Gasteiger partial charge in [0.1, 0.15) is 0 Å². The van der Waals surface area contributed by atoms with Crippen LogP contribution in [-0.2, 0) is 16.0 Å². The van der Waals surface area contributed by atoms with Crippen molar-refractivity contribution in [3.05, 3.63) is 58.8 Å². The highest BCUT2D eigenvalue weighted by Crippen LogP contribution is 2.19. The highest BCUT2D eigenvalue weighted by atomic mass is 32.1. The molecule has 0 aliphatic carbocycles. The molecule has 2 aromatic heterocycles. The van der Waals surface area contributed by atoms with Gasteiger partial charge in [-0.05, 0) is 41.8 Å². The first kappa shape index (κ1) is 17.6. The molecule has 2 amide bonds. The third-order valence-electron chi connectivity index (χ3n) is 3.30. The first-order valence-corrected chi connectivity index (χ1v) is 8.77. The van der Waals surface area contributed by atoms with E-state index < -0.39 is 0 Å². The monoisotopic (exact) mass is 367 g/mol. The van der Waals surface area contributed by atoms with Gasteiger partial charge in [0.05, 0.1) is 6.42 Å². The predicted molar refractivity (Wildman–Crippen MR) is 103 cm³/mol. The average Bonchev–Trinajstić information content (AvgIpc) is 3.09. The molecule has 0 atom stereocenters. The van der Waals surface area contributed by atoms with Crippen molar-refractivity contribution in [3.8, 4) is 0 Å². The molecule has 0 bridgehead atoms. The molecule has 3 aromatic rings. The van der Waals surface area contributed by atoms with E-state index in [9.17, 15) is 9.59 Å². The number of thiophene rings is 1. The highest BCUT2D eigenvalue weighted by molar-refractivity contribution is 7.10. The molecular formula is C18H17N5O2S. The lowest BCUT2D eigenvalue weighted by Crippen LogP contribution is -2.15. The fourth-order valence-corrected chi connectivity index (χ4v) is 2.95. The van der Waals surface area contributed by atoms with Gasteiger partial charge in [-0.15, -0.1) is 21.5 Å². The Bertz CT molecular complexity index is 894.